The van der Waals surface area contributed by atoms with E-state index in [1.54, 1.807) is 36.4 Å². The largest absolute Gasteiger partial charge is 0.368 e. The van der Waals surface area contributed by atoms with Crippen LogP contribution in [0.2, 0.25) is 0 Å². The molecule has 0 spiro atoms. The van der Waals surface area contributed by atoms with Crippen LogP contribution >= 0.6 is 0 Å². The van der Waals surface area contributed by atoms with Gasteiger partial charge in [-0.15, -0.1) is 0 Å². The minimum atomic E-state index is -4.43. The number of fused-ring (bicyclic) bond motifs is 1. The highest BCUT2D eigenvalue weighted by Crippen LogP contribution is 2.33. The number of hydrogen-bond donors (Lipinski definition) is 1. The number of benzene rings is 3. The number of nitrogens with zero attached hydrogens (tertiary/aromatic N) is 2. The van der Waals surface area contributed by atoms with E-state index in [1.807, 2.05) is 0 Å². The smallest absolute Gasteiger partial charge is 0.289 e. The van der Waals surface area contributed by atoms with E-state index in [0.717, 1.165) is 21.8 Å². The molecule has 0 aliphatic rings. The minimum Gasteiger partial charge on any atom is -0.368 e. The first-order chi connectivity index (χ1) is 12.8. The van der Waals surface area contributed by atoms with Crippen LogP contribution in [-0.4, -0.2) is 25.8 Å². The summed E-state index contributed by atoms with van der Waals surface area (Å²) in [4.78, 5) is 21.6. The van der Waals surface area contributed by atoms with Gasteiger partial charge in [-0.25, -0.2) is 8.42 Å². The summed E-state index contributed by atoms with van der Waals surface area (Å²) < 4.78 is 27.3. The number of hydrogen-bond acceptors (Lipinski definition) is 5. The van der Waals surface area contributed by atoms with Crippen LogP contribution in [0.5, 0.6) is 0 Å². The van der Waals surface area contributed by atoms with Crippen molar-refractivity contribution in [2.24, 2.45) is 5.73 Å². The number of carbonyl (C=O) groups is 1. The van der Waals surface area contributed by atoms with E-state index >= 15 is 0 Å². The standard InChI is InChI=1S/C18H15N3O5S/c19-18(22)12-20(15-10-5-7-13-6-1-2-8-14(13)15)27(25,26)17-11-4-3-9-16(17)21(23)24/h1-11H,12H2,(H2,19,22). The molecule has 0 aromatic heterocycles. The molecule has 1 amide bonds. The second kappa shape index (κ2) is 7.04. The molecular formula is C18H15N3O5S. The van der Waals surface area contributed by atoms with Gasteiger partial charge in [0, 0.05) is 11.5 Å². The number of rotatable bonds is 6. The average Bonchev–Trinajstić information content (AvgIpc) is 2.65. The lowest BCUT2D eigenvalue weighted by Crippen LogP contribution is -2.38. The first-order valence-corrected chi connectivity index (χ1v) is 9.28. The van der Waals surface area contributed by atoms with Gasteiger partial charge in [-0.2, -0.15) is 0 Å². The van der Waals surface area contributed by atoms with Crippen LogP contribution in [0.3, 0.4) is 0 Å². The van der Waals surface area contributed by atoms with Crippen LogP contribution < -0.4 is 10.0 Å². The molecule has 0 saturated heterocycles. The van der Waals surface area contributed by atoms with Gasteiger partial charge < -0.3 is 5.73 Å². The predicted molar refractivity (Wildman–Crippen MR) is 101 cm³/mol. The third-order valence-corrected chi connectivity index (χ3v) is 5.77. The third-order valence-electron chi connectivity index (χ3n) is 3.96. The Kier molecular flexibility index (Phi) is 4.78. The van der Waals surface area contributed by atoms with E-state index in [9.17, 15) is 23.3 Å². The van der Waals surface area contributed by atoms with Crippen LogP contribution in [0.25, 0.3) is 10.8 Å². The number of carbonyl (C=O) groups excluding carboxylic acids is 1. The molecule has 0 aliphatic heterocycles. The third kappa shape index (κ3) is 3.44. The molecule has 2 N–H and O–H groups in total. The van der Waals surface area contributed by atoms with Crippen molar-refractivity contribution in [3.05, 3.63) is 76.8 Å². The van der Waals surface area contributed by atoms with Crippen LogP contribution in [0.15, 0.2) is 71.6 Å². The van der Waals surface area contributed by atoms with Crippen molar-refractivity contribution in [2.45, 2.75) is 4.90 Å². The topological polar surface area (TPSA) is 124 Å². The fourth-order valence-corrected chi connectivity index (χ4v) is 4.42. The number of nitro benzene ring substituents is 1. The van der Waals surface area contributed by atoms with Gasteiger partial charge in [0.1, 0.15) is 6.54 Å². The Bertz CT molecular complexity index is 1140. The summed E-state index contributed by atoms with van der Waals surface area (Å²) in [6.07, 6.45) is 0. The number of para-hydroxylation sites is 1. The number of primary amides is 1. The van der Waals surface area contributed by atoms with Gasteiger partial charge in [-0.3, -0.25) is 19.2 Å². The molecule has 9 heteroatoms. The minimum absolute atomic E-state index is 0.213. The molecule has 0 bridgehead atoms. The Labute approximate surface area is 155 Å². The van der Waals surface area contributed by atoms with Gasteiger partial charge in [-0.1, -0.05) is 48.5 Å². The predicted octanol–water partition coefficient (Wildman–Crippen LogP) is 2.43. The van der Waals surface area contributed by atoms with E-state index in [-0.39, 0.29) is 5.69 Å². The monoisotopic (exact) mass is 385 g/mol. The molecular weight excluding hydrogens is 370 g/mol. The highest BCUT2D eigenvalue weighted by Gasteiger charge is 2.33. The first-order valence-electron chi connectivity index (χ1n) is 7.84. The number of amides is 1. The Hall–Kier alpha value is -3.46. The summed E-state index contributed by atoms with van der Waals surface area (Å²) in [6, 6.07) is 16.9. The fourth-order valence-electron chi connectivity index (χ4n) is 2.81. The Morgan fingerprint density at radius 2 is 1.63 bits per heavy atom. The second-order valence-electron chi connectivity index (χ2n) is 5.70. The average molecular weight is 385 g/mol. The van der Waals surface area contributed by atoms with E-state index in [2.05, 4.69) is 0 Å². The molecule has 27 heavy (non-hydrogen) atoms. The number of nitro groups is 1. The van der Waals surface area contributed by atoms with Crippen molar-refractivity contribution >= 4 is 38.1 Å². The molecule has 0 unspecified atom stereocenters. The SMILES string of the molecule is NC(=O)CN(c1cccc2ccccc12)S(=O)(=O)c1ccccc1[N+](=O)[O-]. The molecule has 0 radical (unpaired) electrons. The molecule has 0 fully saturated rings. The summed E-state index contributed by atoms with van der Waals surface area (Å²) >= 11 is 0. The Morgan fingerprint density at radius 1 is 1.00 bits per heavy atom. The Morgan fingerprint density at radius 3 is 2.33 bits per heavy atom. The van der Waals surface area contributed by atoms with E-state index < -0.39 is 38.0 Å². The summed E-state index contributed by atoms with van der Waals surface area (Å²) in [6.45, 7) is -0.650. The highest BCUT2D eigenvalue weighted by molar-refractivity contribution is 7.93. The van der Waals surface area contributed by atoms with E-state index in [4.69, 9.17) is 5.73 Å². The quantitative estimate of drug-likeness (QED) is 0.515. The van der Waals surface area contributed by atoms with Crippen LogP contribution in [0.1, 0.15) is 0 Å². The zero-order chi connectivity index (χ0) is 19.6. The van der Waals surface area contributed by atoms with Crippen molar-refractivity contribution in [1.82, 2.24) is 0 Å². The lowest BCUT2D eigenvalue weighted by molar-refractivity contribution is -0.387. The van der Waals surface area contributed by atoms with Gasteiger partial charge in [0.2, 0.25) is 5.91 Å². The summed E-state index contributed by atoms with van der Waals surface area (Å²) in [5.74, 6) is -0.884. The fraction of sp³-hybridized carbons (Fsp3) is 0.0556. The van der Waals surface area contributed by atoms with E-state index in [1.165, 1.54) is 18.2 Å². The maximum absolute atomic E-state index is 13.3. The van der Waals surface area contributed by atoms with Crippen molar-refractivity contribution in [2.75, 3.05) is 10.8 Å². The molecule has 3 rings (SSSR count). The molecule has 0 atom stereocenters. The van der Waals surface area contributed by atoms with Crippen molar-refractivity contribution < 1.29 is 18.1 Å². The normalized spacial score (nSPS) is 11.3. The van der Waals surface area contributed by atoms with Gasteiger partial charge in [0.25, 0.3) is 15.7 Å². The van der Waals surface area contributed by atoms with Crippen molar-refractivity contribution in [3.8, 4) is 0 Å². The van der Waals surface area contributed by atoms with Gasteiger partial charge in [-0.05, 0) is 17.5 Å². The maximum atomic E-state index is 13.3. The maximum Gasteiger partial charge on any atom is 0.289 e. The zero-order valence-electron chi connectivity index (χ0n) is 14.0. The molecule has 0 heterocycles. The van der Waals surface area contributed by atoms with E-state index in [0.29, 0.717) is 5.39 Å². The highest BCUT2D eigenvalue weighted by atomic mass is 32.2. The lowest BCUT2D eigenvalue weighted by atomic mass is 10.1. The van der Waals surface area contributed by atoms with Crippen molar-refractivity contribution in [1.29, 1.82) is 0 Å². The van der Waals surface area contributed by atoms with Crippen LogP contribution in [-0.2, 0) is 14.8 Å². The first kappa shape index (κ1) is 18.3. The number of nitrogens with two attached hydrogens (primary N) is 1. The zero-order valence-corrected chi connectivity index (χ0v) is 14.8. The summed E-state index contributed by atoms with van der Waals surface area (Å²) in [5, 5.41) is 12.6. The van der Waals surface area contributed by atoms with Gasteiger partial charge in [0.05, 0.1) is 10.6 Å². The second-order valence-corrected chi connectivity index (χ2v) is 7.53. The number of sulfonamides is 1. The van der Waals surface area contributed by atoms with Crippen LogP contribution in [0.4, 0.5) is 11.4 Å². The summed E-state index contributed by atoms with van der Waals surface area (Å²) in [5.41, 5.74) is 4.90. The molecule has 0 aliphatic carbocycles. The Balaban J connectivity index is 2.27. The van der Waals surface area contributed by atoms with Crippen LogP contribution in [0, 0.1) is 10.1 Å². The number of anilines is 1. The molecule has 8 nitrogen and oxygen atoms in total. The molecule has 3 aromatic carbocycles. The molecule has 138 valence electrons. The lowest BCUT2D eigenvalue weighted by Gasteiger charge is -2.24. The molecule has 0 saturated carbocycles. The van der Waals surface area contributed by atoms with Gasteiger partial charge in [0.15, 0.2) is 4.90 Å². The van der Waals surface area contributed by atoms with Gasteiger partial charge >= 0.3 is 0 Å². The molecule has 3 aromatic rings. The van der Waals surface area contributed by atoms with Crippen molar-refractivity contribution in [3.63, 3.8) is 0 Å². The summed E-state index contributed by atoms with van der Waals surface area (Å²) in [7, 11) is -4.43.